The molecular formula is C16H24N2O2S2. The normalized spacial score (nSPS) is 17.9. The van der Waals surface area contributed by atoms with Crippen LogP contribution >= 0.6 is 11.8 Å². The van der Waals surface area contributed by atoms with Crippen LogP contribution in [0.3, 0.4) is 0 Å². The Balaban J connectivity index is 1.93. The number of carbonyl (C=O) groups is 1. The third-order valence-corrected chi connectivity index (χ3v) is 5.98. The Morgan fingerprint density at radius 3 is 2.73 bits per heavy atom. The molecule has 22 heavy (non-hydrogen) atoms. The first-order valence-electron chi connectivity index (χ1n) is 7.68. The minimum atomic E-state index is -0.913. The van der Waals surface area contributed by atoms with Crippen molar-refractivity contribution in [1.29, 1.82) is 0 Å². The van der Waals surface area contributed by atoms with Gasteiger partial charge in [0, 0.05) is 39.0 Å². The summed E-state index contributed by atoms with van der Waals surface area (Å²) < 4.78 is 11.2. The molecule has 1 aliphatic carbocycles. The predicted molar refractivity (Wildman–Crippen MR) is 95.1 cm³/mol. The van der Waals surface area contributed by atoms with Crippen molar-refractivity contribution in [3.63, 3.8) is 0 Å². The molecule has 2 rings (SSSR count). The van der Waals surface area contributed by atoms with Crippen molar-refractivity contribution in [2.45, 2.75) is 48.8 Å². The van der Waals surface area contributed by atoms with Gasteiger partial charge in [0.25, 0.3) is 0 Å². The first-order valence-corrected chi connectivity index (χ1v) is 10.3. The molecule has 0 spiro atoms. The van der Waals surface area contributed by atoms with E-state index in [1.165, 1.54) is 25.7 Å². The van der Waals surface area contributed by atoms with E-state index in [9.17, 15) is 9.00 Å². The van der Waals surface area contributed by atoms with E-state index in [4.69, 9.17) is 0 Å². The number of benzene rings is 1. The summed E-state index contributed by atoms with van der Waals surface area (Å²) in [5, 5.41) is 6.41. The summed E-state index contributed by atoms with van der Waals surface area (Å²) in [6.45, 7) is 1.86. The summed E-state index contributed by atoms with van der Waals surface area (Å²) in [7, 11) is -0.913. The van der Waals surface area contributed by atoms with Gasteiger partial charge in [-0.05, 0) is 31.9 Å². The molecule has 1 saturated carbocycles. The Bertz CT molecular complexity index is 531. The highest BCUT2D eigenvalue weighted by Gasteiger charge is 2.18. The van der Waals surface area contributed by atoms with Crippen LogP contribution in [-0.2, 0) is 10.8 Å². The summed E-state index contributed by atoms with van der Waals surface area (Å²) in [4.78, 5) is 13.2. The molecule has 2 atom stereocenters. The Hall–Kier alpha value is -1.01. The van der Waals surface area contributed by atoms with Crippen molar-refractivity contribution in [2.75, 3.05) is 17.3 Å². The lowest BCUT2D eigenvalue weighted by Gasteiger charge is -2.16. The second kappa shape index (κ2) is 8.58. The average Bonchev–Trinajstić information content (AvgIpc) is 2.92. The molecule has 1 fully saturated rings. The van der Waals surface area contributed by atoms with Gasteiger partial charge in [0.15, 0.2) is 0 Å². The zero-order chi connectivity index (χ0) is 15.9. The third kappa shape index (κ3) is 5.65. The molecule has 0 unspecified atom stereocenters. The first kappa shape index (κ1) is 17.3. The van der Waals surface area contributed by atoms with Crippen LogP contribution in [0.4, 0.5) is 10.5 Å². The fraction of sp³-hybridized carbons (Fsp3) is 0.562. The number of hydrogen-bond acceptors (Lipinski definition) is 3. The molecule has 0 radical (unpaired) electrons. The molecule has 1 aromatic rings. The van der Waals surface area contributed by atoms with Gasteiger partial charge in [-0.1, -0.05) is 25.0 Å². The maximum absolute atomic E-state index is 12.1. The maximum Gasteiger partial charge on any atom is 0.319 e. The van der Waals surface area contributed by atoms with E-state index in [1.54, 1.807) is 6.26 Å². The average molecular weight is 341 g/mol. The minimum Gasteiger partial charge on any atom is -0.334 e. The highest BCUT2D eigenvalue weighted by atomic mass is 32.2. The highest BCUT2D eigenvalue weighted by Crippen LogP contribution is 2.37. The van der Waals surface area contributed by atoms with Crippen molar-refractivity contribution in [1.82, 2.24) is 5.32 Å². The van der Waals surface area contributed by atoms with E-state index in [2.05, 4.69) is 16.7 Å². The lowest BCUT2D eigenvalue weighted by molar-refractivity contribution is 0.250. The minimum absolute atomic E-state index is 0.111. The van der Waals surface area contributed by atoms with Gasteiger partial charge >= 0.3 is 6.03 Å². The van der Waals surface area contributed by atoms with Crippen molar-refractivity contribution in [2.24, 2.45) is 0 Å². The fourth-order valence-electron chi connectivity index (χ4n) is 2.63. The fourth-order valence-corrected chi connectivity index (χ4v) is 4.75. The molecule has 122 valence electrons. The van der Waals surface area contributed by atoms with Gasteiger partial charge in [-0.25, -0.2) is 4.79 Å². The maximum atomic E-state index is 12.1. The van der Waals surface area contributed by atoms with Gasteiger partial charge in [-0.2, -0.15) is 0 Å². The van der Waals surface area contributed by atoms with Crippen LogP contribution in [0.25, 0.3) is 0 Å². The second-order valence-electron chi connectivity index (χ2n) is 5.76. The van der Waals surface area contributed by atoms with Crippen LogP contribution in [0.1, 0.15) is 32.6 Å². The molecule has 6 heteroatoms. The summed E-state index contributed by atoms with van der Waals surface area (Å²) in [6, 6.07) is 7.57. The number of amides is 2. The van der Waals surface area contributed by atoms with Crippen molar-refractivity contribution >= 4 is 34.3 Å². The second-order valence-corrected chi connectivity index (χ2v) is 8.58. The topological polar surface area (TPSA) is 58.2 Å². The van der Waals surface area contributed by atoms with Gasteiger partial charge in [0.05, 0.1) is 5.69 Å². The summed E-state index contributed by atoms with van der Waals surface area (Å²) in [5.41, 5.74) is 0.849. The SMILES string of the molecule is C[C@H](C[S@@](C)=O)NC(=O)Nc1ccccc1SC1CCCC1. The van der Waals surface area contributed by atoms with Gasteiger partial charge in [-0.15, -0.1) is 11.8 Å². The molecule has 0 aromatic heterocycles. The van der Waals surface area contributed by atoms with E-state index in [0.717, 1.165) is 10.6 Å². The van der Waals surface area contributed by atoms with Gasteiger partial charge < -0.3 is 10.6 Å². The summed E-state index contributed by atoms with van der Waals surface area (Å²) in [6.07, 6.45) is 6.76. The molecule has 2 N–H and O–H groups in total. The molecule has 1 aromatic carbocycles. The third-order valence-electron chi connectivity index (χ3n) is 3.59. The Morgan fingerprint density at radius 1 is 1.36 bits per heavy atom. The molecule has 4 nitrogen and oxygen atoms in total. The van der Waals surface area contributed by atoms with Gasteiger partial charge in [0.1, 0.15) is 0 Å². The van der Waals surface area contributed by atoms with Crippen LogP contribution in [0.15, 0.2) is 29.2 Å². The Morgan fingerprint density at radius 2 is 2.05 bits per heavy atom. The van der Waals surface area contributed by atoms with Gasteiger partial charge in [0.2, 0.25) is 0 Å². The largest absolute Gasteiger partial charge is 0.334 e. The smallest absolute Gasteiger partial charge is 0.319 e. The zero-order valence-electron chi connectivity index (χ0n) is 13.1. The van der Waals surface area contributed by atoms with Crippen LogP contribution in [-0.4, -0.2) is 33.5 Å². The number of anilines is 1. The lowest BCUT2D eigenvalue weighted by Crippen LogP contribution is -2.39. The van der Waals surface area contributed by atoms with Crippen LogP contribution in [0, 0.1) is 0 Å². The Labute approximate surface area is 139 Å². The quantitative estimate of drug-likeness (QED) is 0.832. The van der Waals surface area contributed by atoms with E-state index in [-0.39, 0.29) is 12.1 Å². The molecular weight excluding hydrogens is 316 g/mol. The number of urea groups is 1. The Kier molecular flexibility index (Phi) is 6.76. The number of carbonyl (C=O) groups excluding carboxylic acids is 1. The molecule has 2 amide bonds. The molecule has 0 saturated heterocycles. The standard InChI is InChI=1S/C16H24N2O2S2/c1-12(11-22(2)20)17-16(19)18-14-9-5-6-10-15(14)21-13-7-3-4-8-13/h5-6,9-10,12-13H,3-4,7-8,11H2,1-2H3,(H2,17,18,19)/t12-,22-/m1/s1. The van der Waals surface area contributed by atoms with E-state index >= 15 is 0 Å². The summed E-state index contributed by atoms with van der Waals surface area (Å²) >= 11 is 1.86. The molecule has 1 aliphatic rings. The zero-order valence-corrected chi connectivity index (χ0v) is 14.8. The molecule has 0 bridgehead atoms. The highest BCUT2D eigenvalue weighted by molar-refractivity contribution is 8.00. The molecule has 0 aliphatic heterocycles. The summed E-state index contributed by atoms with van der Waals surface area (Å²) in [5.74, 6) is 0.464. The number of rotatable bonds is 6. The van der Waals surface area contributed by atoms with Crippen molar-refractivity contribution in [3.05, 3.63) is 24.3 Å². The van der Waals surface area contributed by atoms with Gasteiger partial charge in [-0.3, -0.25) is 4.21 Å². The number of thioether (sulfide) groups is 1. The predicted octanol–water partition coefficient (Wildman–Crippen LogP) is 3.61. The van der Waals surface area contributed by atoms with E-state index in [1.807, 2.05) is 36.9 Å². The van der Waals surface area contributed by atoms with Crippen LogP contribution in [0.2, 0.25) is 0 Å². The lowest BCUT2D eigenvalue weighted by atomic mass is 10.3. The number of hydrogen-bond donors (Lipinski definition) is 2. The van der Waals surface area contributed by atoms with Crippen LogP contribution in [0.5, 0.6) is 0 Å². The first-order chi connectivity index (χ1) is 10.5. The van der Waals surface area contributed by atoms with E-state index < -0.39 is 10.8 Å². The van der Waals surface area contributed by atoms with Crippen molar-refractivity contribution < 1.29 is 9.00 Å². The number of nitrogens with one attached hydrogen (secondary N) is 2. The molecule has 0 heterocycles. The van der Waals surface area contributed by atoms with E-state index in [0.29, 0.717) is 11.0 Å². The number of para-hydroxylation sites is 1. The van der Waals surface area contributed by atoms with Crippen molar-refractivity contribution in [3.8, 4) is 0 Å². The monoisotopic (exact) mass is 340 g/mol. The van der Waals surface area contributed by atoms with Crippen LogP contribution < -0.4 is 10.6 Å².